The van der Waals surface area contributed by atoms with Crippen molar-refractivity contribution >= 4 is 11.1 Å². The predicted octanol–water partition coefficient (Wildman–Crippen LogP) is 1.40. The van der Waals surface area contributed by atoms with Crippen LogP contribution in [0.5, 0.6) is 0 Å². The van der Waals surface area contributed by atoms with Gasteiger partial charge in [-0.2, -0.15) is 0 Å². The highest BCUT2D eigenvalue weighted by atomic mass is 16.4. The molecular formula is C11H12N2O2. The first kappa shape index (κ1) is 8.73. The van der Waals surface area contributed by atoms with Crippen LogP contribution in [0.2, 0.25) is 0 Å². The van der Waals surface area contributed by atoms with Gasteiger partial charge in [-0.05, 0) is 23.6 Å². The van der Waals surface area contributed by atoms with Crippen molar-refractivity contribution < 1.29 is 4.42 Å². The number of rotatable bonds is 1. The first-order valence-corrected chi connectivity index (χ1v) is 5.10. The number of benzene rings is 1. The number of fused-ring (bicyclic) bond motifs is 1. The molecule has 3 rings (SSSR count). The van der Waals surface area contributed by atoms with Gasteiger partial charge in [0.25, 0.3) is 0 Å². The molecule has 2 N–H and O–H groups in total. The third kappa shape index (κ3) is 1.29. The van der Waals surface area contributed by atoms with E-state index in [0.29, 0.717) is 17.5 Å². The Labute approximate surface area is 86.3 Å². The maximum atomic E-state index is 11.0. The second-order valence-corrected chi connectivity index (χ2v) is 4.13. The van der Waals surface area contributed by atoms with Crippen LogP contribution in [0.4, 0.5) is 0 Å². The molecule has 1 aromatic carbocycles. The average molecular weight is 204 g/mol. The number of H-pyrrole nitrogens is 1. The van der Waals surface area contributed by atoms with Gasteiger partial charge in [0.15, 0.2) is 5.58 Å². The summed E-state index contributed by atoms with van der Waals surface area (Å²) in [5.41, 5.74) is 2.58. The van der Waals surface area contributed by atoms with E-state index in [9.17, 15) is 4.79 Å². The van der Waals surface area contributed by atoms with Crippen molar-refractivity contribution in [1.82, 2.24) is 10.3 Å². The number of hydrogen-bond acceptors (Lipinski definition) is 3. The van der Waals surface area contributed by atoms with E-state index in [2.05, 4.69) is 17.2 Å². The van der Waals surface area contributed by atoms with E-state index in [-0.39, 0.29) is 0 Å². The van der Waals surface area contributed by atoms with Crippen LogP contribution in [0.3, 0.4) is 0 Å². The van der Waals surface area contributed by atoms with Gasteiger partial charge in [0, 0.05) is 12.6 Å². The molecule has 0 amide bonds. The number of hydrogen-bond donors (Lipinski definition) is 2. The summed E-state index contributed by atoms with van der Waals surface area (Å²) < 4.78 is 5.02. The third-order valence-corrected chi connectivity index (χ3v) is 3.03. The van der Waals surface area contributed by atoms with Gasteiger partial charge in [-0.25, -0.2) is 4.79 Å². The first-order chi connectivity index (χ1) is 7.24. The van der Waals surface area contributed by atoms with Crippen LogP contribution < -0.4 is 11.1 Å². The molecule has 1 aromatic heterocycles. The lowest BCUT2D eigenvalue weighted by Gasteiger charge is -2.35. The fourth-order valence-corrected chi connectivity index (χ4v) is 2.07. The van der Waals surface area contributed by atoms with Gasteiger partial charge in [0.2, 0.25) is 0 Å². The molecule has 0 radical (unpaired) electrons. The van der Waals surface area contributed by atoms with Crippen molar-refractivity contribution in [3.63, 3.8) is 0 Å². The monoisotopic (exact) mass is 204 g/mol. The SMILES string of the molecule is CC1CNC1c1ccc2[nH]c(=O)oc2c1. The summed E-state index contributed by atoms with van der Waals surface area (Å²) in [5.74, 6) is 0.255. The molecule has 2 heterocycles. The Balaban J connectivity index is 2.09. The van der Waals surface area contributed by atoms with E-state index in [1.807, 2.05) is 18.2 Å². The fraction of sp³-hybridized carbons (Fsp3) is 0.364. The molecule has 15 heavy (non-hydrogen) atoms. The van der Waals surface area contributed by atoms with Gasteiger partial charge in [0.05, 0.1) is 5.52 Å². The topological polar surface area (TPSA) is 58.0 Å². The smallest absolute Gasteiger partial charge is 0.408 e. The van der Waals surface area contributed by atoms with Crippen LogP contribution in [0, 0.1) is 5.92 Å². The normalized spacial score (nSPS) is 25.4. The molecule has 0 bridgehead atoms. The molecule has 1 aliphatic heterocycles. The van der Waals surface area contributed by atoms with Gasteiger partial charge < -0.3 is 9.73 Å². The standard InChI is InChI=1S/C11H12N2O2/c1-6-5-12-10(6)7-2-3-8-9(4-7)15-11(14)13-8/h2-4,6,10,12H,5H2,1H3,(H,13,14). The Morgan fingerprint density at radius 2 is 2.33 bits per heavy atom. The summed E-state index contributed by atoms with van der Waals surface area (Å²) >= 11 is 0. The van der Waals surface area contributed by atoms with Crippen molar-refractivity contribution in [2.45, 2.75) is 13.0 Å². The van der Waals surface area contributed by atoms with Crippen LogP contribution in [-0.2, 0) is 0 Å². The van der Waals surface area contributed by atoms with Gasteiger partial charge in [-0.15, -0.1) is 0 Å². The van der Waals surface area contributed by atoms with Crippen LogP contribution in [0.25, 0.3) is 11.1 Å². The number of nitrogens with one attached hydrogen (secondary N) is 2. The van der Waals surface area contributed by atoms with Crippen LogP contribution in [0.15, 0.2) is 27.4 Å². The highest BCUT2D eigenvalue weighted by Gasteiger charge is 2.27. The zero-order valence-corrected chi connectivity index (χ0v) is 8.41. The molecule has 2 atom stereocenters. The zero-order chi connectivity index (χ0) is 10.4. The van der Waals surface area contributed by atoms with Crippen molar-refractivity contribution in [3.05, 3.63) is 34.3 Å². The third-order valence-electron chi connectivity index (χ3n) is 3.03. The largest absolute Gasteiger partial charge is 0.417 e. The quantitative estimate of drug-likeness (QED) is 0.738. The number of aromatic amines is 1. The van der Waals surface area contributed by atoms with Crippen molar-refractivity contribution in [3.8, 4) is 0 Å². The lowest BCUT2D eigenvalue weighted by atomic mass is 9.88. The van der Waals surface area contributed by atoms with Gasteiger partial charge >= 0.3 is 5.76 Å². The molecular weight excluding hydrogens is 192 g/mol. The van der Waals surface area contributed by atoms with E-state index in [1.165, 1.54) is 5.56 Å². The summed E-state index contributed by atoms with van der Waals surface area (Å²) in [5, 5.41) is 3.35. The summed E-state index contributed by atoms with van der Waals surface area (Å²) in [6.07, 6.45) is 0. The summed E-state index contributed by atoms with van der Waals surface area (Å²) in [6, 6.07) is 6.25. The molecule has 1 aliphatic rings. The zero-order valence-electron chi connectivity index (χ0n) is 8.41. The Morgan fingerprint density at radius 1 is 1.47 bits per heavy atom. The highest BCUT2D eigenvalue weighted by Crippen LogP contribution is 2.29. The minimum atomic E-state index is -0.392. The van der Waals surface area contributed by atoms with Crippen molar-refractivity contribution in [2.24, 2.45) is 5.92 Å². The minimum absolute atomic E-state index is 0.392. The predicted molar refractivity (Wildman–Crippen MR) is 56.7 cm³/mol. The Morgan fingerprint density at radius 3 is 3.00 bits per heavy atom. The van der Waals surface area contributed by atoms with Gasteiger partial charge in [-0.3, -0.25) is 4.98 Å². The molecule has 78 valence electrons. The Bertz CT molecular complexity index is 555. The molecule has 0 saturated carbocycles. The molecule has 2 unspecified atom stereocenters. The van der Waals surface area contributed by atoms with Gasteiger partial charge in [-0.1, -0.05) is 13.0 Å². The van der Waals surface area contributed by atoms with E-state index < -0.39 is 5.76 Å². The van der Waals surface area contributed by atoms with Crippen molar-refractivity contribution in [2.75, 3.05) is 6.54 Å². The molecule has 2 aromatic rings. The molecule has 1 saturated heterocycles. The molecule has 4 heteroatoms. The van der Waals surface area contributed by atoms with Crippen LogP contribution in [-0.4, -0.2) is 11.5 Å². The minimum Gasteiger partial charge on any atom is -0.408 e. The summed E-state index contributed by atoms with van der Waals surface area (Å²) in [7, 11) is 0. The molecule has 0 aliphatic carbocycles. The lowest BCUT2D eigenvalue weighted by Crippen LogP contribution is -2.43. The maximum Gasteiger partial charge on any atom is 0.417 e. The van der Waals surface area contributed by atoms with E-state index in [0.717, 1.165) is 12.1 Å². The molecule has 0 spiro atoms. The Kier molecular flexibility index (Phi) is 1.73. The molecule has 4 nitrogen and oxygen atoms in total. The number of oxazole rings is 1. The Hall–Kier alpha value is -1.55. The van der Waals surface area contributed by atoms with Gasteiger partial charge in [0.1, 0.15) is 0 Å². The maximum absolute atomic E-state index is 11.0. The number of aromatic nitrogens is 1. The van der Waals surface area contributed by atoms with E-state index in [4.69, 9.17) is 4.42 Å². The first-order valence-electron chi connectivity index (χ1n) is 5.10. The van der Waals surface area contributed by atoms with E-state index >= 15 is 0 Å². The lowest BCUT2D eigenvalue weighted by molar-refractivity contribution is 0.258. The molecule has 1 fully saturated rings. The fourth-order valence-electron chi connectivity index (χ4n) is 2.07. The van der Waals surface area contributed by atoms with Crippen LogP contribution in [0.1, 0.15) is 18.5 Å². The highest BCUT2D eigenvalue weighted by molar-refractivity contribution is 5.72. The van der Waals surface area contributed by atoms with E-state index in [1.54, 1.807) is 0 Å². The second-order valence-electron chi connectivity index (χ2n) is 4.13. The van der Waals surface area contributed by atoms with Crippen molar-refractivity contribution in [1.29, 1.82) is 0 Å². The average Bonchev–Trinajstić information content (AvgIpc) is 2.55. The second kappa shape index (κ2) is 2.97. The van der Waals surface area contributed by atoms with Crippen LogP contribution >= 0.6 is 0 Å². The summed E-state index contributed by atoms with van der Waals surface area (Å²) in [4.78, 5) is 13.6. The summed E-state index contributed by atoms with van der Waals surface area (Å²) in [6.45, 7) is 3.26.